The van der Waals surface area contributed by atoms with E-state index in [0.29, 0.717) is 32.5 Å². The lowest BCUT2D eigenvalue weighted by Crippen LogP contribution is -2.48. The van der Waals surface area contributed by atoms with E-state index in [1.165, 1.54) is 10.6 Å². The second-order valence-corrected chi connectivity index (χ2v) is 7.37. The van der Waals surface area contributed by atoms with Crippen molar-refractivity contribution in [2.45, 2.75) is 31.8 Å². The third-order valence-corrected chi connectivity index (χ3v) is 5.26. The van der Waals surface area contributed by atoms with E-state index in [9.17, 15) is 13.5 Å². The molecule has 1 aliphatic rings. The molecule has 1 rings (SSSR count). The summed E-state index contributed by atoms with van der Waals surface area (Å²) in [5.41, 5.74) is 4.82. The van der Waals surface area contributed by atoms with Crippen LogP contribution in [0.5, 0.6) is 0 Å². The molecule has 1 unspecified atom stereocenters. The molecule has 114 valence electrons. The van der Waals surface area contributed by atoms with Gasteiger partial charge in [0.15, 0.2) is 0 Å². The van der Waals surface area contributed by atoms with Gasteiger partial charge in [-0.05, 0) is 25.8 Å². The minimum absolute atomic E-state index is 0.297. The fourth-order valence-corrected chi connectivity index (χ4v) is 3.17. The number of aliphatic hydroxyl groups is 1. The van der Waals surface area contributed by atoms with Gasteiger partial charge in [0, 0.05) is 32.7 Å². The topological polar surface area (TPSA) is 86.9 Å². The van der Waals surface area contributed by atoms with Gasteiger partial charge < -0.3 is 15.7 Å². The van der Waals surface area contributed by atoms with Crippen LogP contribution in [0.4, 0.5) is 0 Å². The lowest BCUT2D eigenvalue weighted by Gasteiger charge is -2.34. The molecule has 0 spiro atoms. The van der Waals surface area contributed by atoms with Gasteiger partial charge in [0.1, 0.15) is 0 Å². The summed E-state index contributed by atoms with van der Waals surface area (Å²) in [6.45, 7) is 5.78. The van der Waals surface area contributed by atoms with Crippen LogP contribution in [-0.2, 0) is 10.0 Å². The summed E-state index contributed by atoms with van der Waals surface area (Å²) in [5.74, 6) is 0. The fourth-order valence-electron chi connectivity index (χ4n) is 2.34. The van der Waals surface area contributed by atoms with Gasteiger partial charge in [0.05, 0.1) is 11.9 Å². The summed E-state index contributed by atoms with van der Waals surface area (Å²) < 4.78 is 24.3. The standard InChI is InChI=1S/C12H27N3O3S/c1-3-12(16,11-13)5-4-6-14-7-9-15(10-8-14)19(2,17)18/h16H,3-11,13H2,1-2H3. The first-order valence-corrected chi connectivity index (χ1v) is 8.75. The zero-order valence-electron chi connectivity index (χ0n) is 12.0. The number of rotatable bonds is 7. The quantitative estimate of drug-likeness (QED) is 0.657. The number of sulfonamides is 1. The highest BCUT2D eigenvalue weighted by Crippen LogP contribution is 2.16. The van der Waals surface area contributed by atoms with Crippen molar-refractivity contribution in [2.24, 2.45) is 5.73 Å². The first-order valence-electron chi connectivity index (χ1n) is 6.90. The Hall–Kier alpha value is -0.210. The van der Waals surface area contributed by atoms with Crippen LogP contribution >= 0.6 is 0 Å². The summed E-state index contributed by atoms with van der Waals surface area (Å²) in [7, 11) is -3.05. The van der Waals surface area contributed by atoms with Crippen LogP contribution in [0.1, 0.15) is 26.2 Å². The molecule has 6 nitrogen and oxygen atoms in total. The average molecular weight is 293 g/mol. The van der Waals surface area contributed by atoms with E-state index in [1.54, 1.807) is 0 Å². The van der Waals surface area contributed by atoms with Crippen molar-refractivity contribution in [3.05, 3.63) is 0 Å². The van der Waals surface area contributed by atoms with Crippen molar-refractivity contribution >= 4 is 10.0 Å². The highest BCUT2D eigenvalue weighted by molar-refractivity contribution is 7.88. The molecule has 1 atom stereocenters. The van der Waals surface area contributed by atoms with Crippen molar-refractivity contribution < 1.29 is 13.5 Å². The van der Waals surface area contributed by atoms with Gasteiger partial charge in [-0.25, -0.2) is 8.42 Å². The third kappa shape index (κ3) is 5.35. The zero-order chi connectivity index (χ0) is 14.5. The molecule has 1 saturated heterocycles. The van der Waals surface area contributed by atoms with E-state index in [4.69, 9.17) is 5.73 Å². The summed E-state index contributed by atoms with van der Waals surface area (Å²) in [6, 6.07) is 0. The van der Waals surface area contributed by atoms with Gasteiger partial charge in [-0.2, -0.15) is 4.31 Å². The number of hydrogen-bond acceptors (Lipinski definition) is 5. The normalized spacial score (nSPS) is 22.3. The lowest BCUT2D eigenvalue weighted by molar-refractivity contribution is 0.0307. The molecule has 1 aliphatic heterocycles. The predicted octanol–water partition coefficient (Wildman–Crippen LogP) is -0.556. The fraction of sp³-hybridized carbons (Fsp3) is 1.00. The van der Waals surface area contributed by atoms with E-state index in [2.05, 4.69) is 4.90 Å². The highest BCUT2D eigenvalue weighted by atomic mass is 32.2. The molecule has 1 heterocycles. The number of hydrogen-bond donors (Lipinski definition) is 2. The molecule has 0 saturated carbocycles. The van der Waals surface area contributed by atoms with Gasteiger partial charge in [-0.15, -0.1) is 0 Å². The molecule has 0 aliphatic carbocycles. The number of nitrogens with two attached hydrogens (primary N) is 1. The Morgan fingerprint density at radius 1 is 1.26 bits per heavy atom. The van der Waals surface area contributed by atoms with Crippen molar-refractivity contribution in [1.29, 1.82) is 0 Å². The molecule has 19 heavy (non-hydrogen) atoms. The molecular weight excluding hydrogens is 266 g/mol. The molecule has 3 N–H and O–H groups in total. The Labute approximate surface area is 116 Å². The van der Waals surface area contributed by atoms with Gasteiger partial charge in [0.25, 0.3) is 0 Å². The van der Waals surface area contributed by atoms with Crippen LogP contribution in [0.3, 0.4) is 0 Å². The number of nitrogens with zero attached hydrogens (tertiary/aromatic N) is 2. The molecule has 7 heteroatoms. The second kappa shape index (κ2) is 6.99. The minimum Gasteiger partial charge on any atom is -0.389 e. The van der Waals surface area contributed by atoms with Gasteiger partial charge in [-0.1, -0.05) is 6.92 Å². The second-order valence-electron chi connectivity index (χ2n) is 5.39. The first-order chi connectivity index (χ1) is 8.80. The number of piperazine rings is 1. The highest BCUT2D eigenvalue weighted by Gasteiger charge is 2.25. The maximum absolute atomic E-state index is 11.4. The summed E-state index contributed by atoms with van der Waals surface area (Å²) in [4.78, 5) is 2.24. The Kier molecular flexibility index (Phi) is 6.19. The minimum atomic E-state index is -3.05. The predicted molar refractivity (Wildman–Crippen MR) is 76.4 cm³/mol. The van der Waals surface area contributed by atoms with Crippen LogP contribution < -0.4 is 5.73 Å². The molecule has 0 aromatic rings. The molecular formula is C12H27N3O3S. The van der Waals surface area contributed by atoms with Crippen molar-refractivity contribution in [2.75, 3.05) is 45.5 Å². The zero-order valence-corrected chi connectivity index (χ0v) is 12.8. The van der Waals surface area contributed by atoms with E-state index in [1.807, 2.05) is 6.92 Å². The molecule has 1 fully saturated rings. The molecule has 0 bridgehead atoms. The Morgan fingerprint density at radius 2 is 1.84 bits per heavy atom. The van der Waals surface area contributed by atoms with Crippen LogP contribution in [0.25, 0.3) is 0 Å². The monoisotopic (exact) mass is 293 g/mol. The van der Waals surface area contributed by atoms with Crippen molar-refractivity contribution in [3.63, 3.8) is 0 Å². The van der Waals surface area contributed by atoms with Crippen molar-refractivity contribution in [3.8, 4) is 0 Å². The van der Waals surface area contributed by atoms with Gasteiger partial charge >= 0.3 is 0 Å². The third-order valence-electron chi connectivity index (χ3n) is 3.95. The molecule has 0 amide bonds. The maximum atomic E-state index is 11.4. The Balaban J connectivity index is 2.27. The van der Waals surface area contributed by atoms with Crippen LogP contribution in [0, 0.1) is 0 Å². The largest absolute Gasteiger partial charge is 0.389 e. The van der Waals surface area contributed by atoms with E-state index in [0.717, 1.165) is 26.1 Å². The van der Waals surface area contributed by atoms with Crippen LogP contribution in [0.2, 0.25) is 0 Å². The van der Waals surface area contributed by atoms with Gasteiger partial charge in [-0.3, -0.25) is 0 Å². The molecule has 0 aromatic heterocycles. The maximum Gasteiger partial charge on any atom is 0.211 e. The molecule has 0 radical (unpaired) electrons. The lowest BCUT2D eigenvalue weighted by atomic mass is 9.95. The van der Waals surface area contributed by atoms with Crippen molar-refractivity contribution in [1.82, 2.24) is 9.21 Å². The van der Waals surface area contributed by atoms with Gasteiger partial charge in [0.2, 0.25) is 10.0 Å². The van der Waals surface area contributed by atoms with E-state index < -0.39 is 15.6 Å². The van der Waals surface area contributed by atoms with E-state index >= 15 is 0 Å². The Bertz CT molecular complexity index is 360. The summed E-state index contributed by atoms with van der Waals surface area (Å²) >= 11 is 0. The first kappa shape index (κ1) is 16.8. The summed E-state index contributed by atoms with van der Waals surface area (Å²) in [6.07, 6.45) is 3.52. The van der Waals surface area contributed by atoms with Crippen LogP contribution in [-0.4, -0.2) is 73.9 Å². The smallest absolute Gasteiger partial charge is 0.211 e. The Morgan fingerprint density at radius 3 is 2.26 bits per heavy atom. The molecule has 0 aromatic carbocycles. The summed E-state index contributed by atoms with van der Waals surface area (Å²) in [5, 5.41) is 10.1. The van der Waals surface area contributed by atoms with Crippen LogP contribution in [0.15, 0.2) is 0 Å². The van der Waals surface area contributed by atoms with E-state index in [-0.39, 0.29) is 0 Å². The SMILES string of the molecule is CCC(O)(CN)CCCN1CCN(S(C)(=O)=O)CC1. The average Bonchev–Trinajstić information content (AvgIpc) is 2.38.